The van der Waals surface area contributed by atoms with Crippen molar-refractivity contribution in [1.29, 1.82) is 0 Å². The molecule has 4 rings (SSSR count). The lowest BCUT2D eigenvalue weighted by atomic mass is 10.1. The van der Waals surface area contributed by atoms with E-state index in [0.717, 1.165) is 28.5 Å². The van der Waals surface area contributed by atoms with E-state index in [9.17, 15) is 19.7 Å². The topological polar surface area (TPSA) is 114 Å². The third-order valence-corrected chi connectivity index (χ3v) is 6.67. The number of nitrogens with zero attached hydrogens (tertiary/aromatic N) is 3. The number of rotatable bonds is 7. The van der Waals surface area contributed by atoms with Crippen LogP contribution in [0.5, 0.6) is 5.75 Å². The van der Waals surface area contributed by atoms with Crippen LogP contribution < -0.4 is 15.0 Å². The molecule has 3 aromatic carbocycles. The van der Waals surface area contributed by atoms with Crippen molar-refractivity contribution in [3.8, 4) is 5.75 Å². The van der Waals surface area contributed by atoms with Crippen molar-refractivity contribution in [2.24, 2.45) is 4.99 Å². The molecule has 0 spiro atoms. The minimum atomic E-state index is -0.489. The van der Waals surface area contributed by atoms with Gasteiger partial charge in [-0.25, -0.2) is 4.99 Å². The molecule has 10 heteroatoms. The summed E-state index contributed by atoms with van der Waals surface area (Å²) in [5, 5.41) is 14.3. The molecule has 0 unspecified atom stereocenters. The number of aryl methyl sites for hydroxylation is 3. The number of methoxy groups -OCH3 is 1. The van der Waals surface area contributed by atoms with Crippen molar-refractivity contribution in [3.63, 3.8) is 0 Å². The summed E-state index contributed by atoms with van der Waals surface area (Å²) in [4.78, 5) is 43.0. The van der Waals surface area contributed by atoms with E-state index in [1.54, 1.807) is 44.4 Å². The lowest BCUT2D eigenvalue weighted by Crippen LogP contribution is -2.31. The predicted octanol–water partition coefficient (Wildman–Crippen LogP) is 5.64. The van der Waals surface area contributed by atoms with Crippen molar-refractivity contribution < 1.29 is 19.2 Å². The predicted molar refractivity (Wildman–Crippen MR) is 151 cm³/mol. The second-order valence-corrected chi connectivity index (χ2v) is 9.72. The van der Waals surface area contributed by atoms with Gasteiger partial charge in [-0.2, -0.15) is 0 Å². The van der Waals surface area contributed by atoms with Gasteiger partial charge in [0.1, 0.15) is 11.4 Å². The van der Waals surface area contributed by atoms with E-state index in [0.29, 0.717) is 27.9 Å². The fraction of sp³-hybridized carbons (Fsp3) is 0.179. The third kappa shape index (κ3) is 6.09. The molecule has 2 amide bonds. The summed E-state index contributed by atoms with van der Waals surface area (Å²) < 4.78 is 5.20. The Balaban J connectivity index is 1.58. The number of anilines is 2. The number of ether oxygens (including phenoxy) is 1. The van der Waals surface area contributed by atoms with Gasteiger partial charge in [-0.1, -0.05) is 36.0 Å². The molecule has 0 saturated heterocycles. The number of aliphatic imine (C=N–C) groups is 1. The molecule has 0 aliphatic carbocycles. The molecule has 9 nitrogen and oxygen atoms in total. The van der Waals surface area contributed by atoms with E-state index in [1.807, 2.05) is 44.2 Å². The van der Waals surface area contributed by atoms with E-state index in [-0.39, 0.29) is 29.0 Å². The minimum Gasteiger partial charge on any atom is -0.497 e. The van der Waals surface area contributed by atoms with E-state index in [2.05, 4.69) is 10.3 Å². The van der Waals surface area contributed by atoms with Gasteiger partial charge < -0.3 is 10.1 Å². The van der Waals surface area contributed by atoms with Gasteiger partial charge >= 0.3 is 0 Å². The first-order valence-electron chi connectivity index (χ1n) is 11.7. The highest BCUT2D eigenvalue weighted by Gasteiger charge is 2.32. The molecule has 194 valence electrons. The number of nitrogens with one attached hydrogen (secondary N) is 1. The number of hydrogen-bond acceptors (Lipinski definition) is 7. The van der Waals surface area contributed by atoms with Crippen molar-refractivity contribution in [1.82, 2.24) is 0 Å². The summed E-state index contributed by atoms with van der Waals surface area (Å²) in [5.41, 5.74) is 4.41. The zero-order chi connectivity index (χ0) is 27.4. The van der Waals surface area contributed by atoms with Crippen LogP contribution in [-0.4, -0.2) is 34.8 Å². The number of nitro groups is 1. The van der Waals surface area contributed by atoms with Crippen LogP contribution in [-0.2, 0) is 9.59 Å². The molecule has 1 aliphatic heterocycles. The number of amidine groups is 1. The van der Waals surface area contributed by atoms with Crippen LogP contribution in [0.4, 0.5) is 17.1 Å². The van der Waals surface area contributed by atoms with Crippen molar-refractivity contribution in [2.75, 3.05) is 23.1 Å². The number of amides is 2. The van der Waals surface area contributed by atoms with Crippen molar-refractivity contribution in [2.45, 2.75) is 20.8 Å². The van der Waals surface area contributed by atoms with Gasteiger partial charge in [0.25, 0.3) is 11.6 Å². The number of benzene rings is 3. The number of carbonyl (C=O) groups is 2. The summed E-state index contributed by atoms with van der Waals surface area (Å²) >= 11 is 1.11. The quantitative estimate of drug-likeness (QED) is 0.240. The summed E-state index contributed by atoms with van der Waals surface area (Å²) in [6.45, 7) is 5.53. The fourth-order valence-electron chi connectivity index (χ4n) is 3.97. The van der Waals surface area contributed by atoms with Crippen LogP contribution in [0.3, 0.4) is 0 Å². The highest BCUT2D eigenvalue weighted by atomic mass is 32.2. The van der Waals surface area contributed by atoms with E-state index in [4.69, 9.17) is 4.74 Å². The molecule has 1 aliphatic rings. The van der Waals surface area contributed by atoms with Crippen molar-refractivity contribution in [3.05, 3.63) is 98.7 Å². The highest BCUT2D eigenvalue weighted by Crippen LogP contribution is 2.31. The van der Waals surface area contributed by atoms with Crippen LogP contribution in [0.1, 0.15) is 22.3 Å². The molecule has 0 atom stereocenters. The second kappa shape index (κ2) is 11.3. The molecule has 1 heterocycles. The van der Waals surface area contributed by atoms with Gasteiger partial charge in [0, 0.05) is 17.3 Å². The highest BCUT2D eigenvalue weighted by molar-refractivity contribution is 8.14. The zero-order valence-corrected chi connectivity index (χ0v) is 22.2. The Bertz CT molecular complexity index is 1460. The minimum absolute atomic E-state index is 0.0507. The molecule has 0 radical (unpaired) electrons. The molecular formula is C28H26N4O5S. The Morgan fingerprint density at radius 2 is 1.76 bits per heavy atom. The van der Waals surface area contributed by atoms with Crippen LogP contribution in [0.25, 0.3) is 6.08 Å². The normalized spacial score (nSPS) is 14.0. The third-order valence-electron chi connectivity index (χ3n) is 5.74. The molecule has 1 N–H and O–H groups in total. The first-order valence-corrected chi connectivity index (χ1v) is 12.7. The summed E-state index contributed by atoms with van der Waals surface area (Å²) in [6.07, 6.45) is 1.69. The molecule has 0 aromatic heterocycles. The van der Waals surface area contributed by atoms with Crippen LogP contribution in [0, 0.1) is 30.9 Å². The van der Waals surface area contributed by atoms with Crippen LogP contribution in [0.2, 0.25) is 0 Å². The maximum Gasteiger partial charge on any atom is 0.283 e. The summed E-state index contributed by atoms with van der Waals surface area (Å²) in [5.74, 6) is -0.0316. The summed E-state index contributed by atoms with van der Waals surface area (Å²) in [6, 6.07) is 17.6. The van der Waals surface area contributed by atoms with E-state index in [1.165, 1.54) is 11.0 Å². The largest absolute Gasteiger partial charge is 0.497 e. The van der Waals surface area contributed by atoms with Gasteiger partial charge in [-0.3, -0.25) is 24.6 Å². The standard InChI is InChI=1S/C28H26N4O5S/c1-17-11-18(2)13-22(12-17)31-27(34)24(14-20-6-9-23(37-4)10-7-20)30-28(31)38-16-26(33)29-21-8-5-19(3)25(15-21)32(35)36/h5-15H,16H2,1-4H3,(H,29,33)/b24-14-. The number of nitro benzene ring substituents is 1. The van der Waals surface area contributed by atoms with E-state index >= 15 is 0 Å². The maximum atomic E-state index is 13.5. The monoisotopic (exact) mass is 530 g/mol. The van der Waals surface area contributed by atoms with Crippen LogP contribution >= 0.6 is 11.8 Å². The molecule has 0 bridgehead atoms. The number of thioether (sulfide) groups is 1. The molecule has 38 heavy (non-hydrogen) atoms. The Kier molecular flexibility index (Phi) is 7.92. The molecule has 0 fully saturated rings. The maximum absolute atomic E-state index is 13.5. The summed E-state index contributed by atoms with van der Waals surface area (Å²) in [7, 11) is 1.58. The van der Waals surface area contributed by atoms with E-state index < -0.39 is 4.92 Å². The molecule has 3 aromatic rings. The number of hydrogen-bond donors (Lipinski definition) is 1. The van der Waals surface area contributed by atoms with Gasteiger partial charge in [-0.05, 0) is 73.9 Å². The SMILES string of the molecule is COc1ccc(/C=C2\N=C(SCC(=O)Nc3ccc(C)c([N+](=O)[O-])c3)N(c3cc(C)cc(C)c3)C2=O)cc1. The lowest BCUT2D eigenvalue weighted by molar-refractivity contribution is -0.385. The second-order valence-electron chi connectivity index (χ2n) is 8.78. The Morgan fingerprint density at radius 1 is 1.08 bits per heavy atom. The molecular weight excluding hydrogens is 504 g/mol. The average Bonchev–Trinajstić information content (AvgIpc) is 3.18. The smallest absolute Gasteiger partial charge is 0.283 e. The van der Waals surface area contributed by atoms with Crippen molar-refractivity contribution >= 4 is 51.9 Å². The fourth-order valence-corrected chi connectivity index (χ4v) is 4.78. The zero-order valence-electron chi connectivity index (χ0n) is 21.3. The Labute approximate surface area is 224 Å². The first-order chi connectivity index (χ1) is 18.1. The molecule has 0 saturated carbocycles. The lowest BCUT2D eigenvalue weighted by Gasteiger charge is -2.19. The van der Waals surface area contributed by atoms with Gasteiger partial charge in [0.15, 0.2) is 5.17 Å². The van der Waals surface area contributed by atoms with Gasteiger partial charge in [-0.15, -0.1) is 0 Å². The average molecular weight is 531 g/mol. The Hall–Kier alpha value is -4.44. The van der Waals surface area contributed by atoms with Crippen LogP contribution in [0.15, 0.2) is 71.4 Å². The van der Waals surface area contributed by atoms with Gasteiger partial charge in [0.05, 0.1) is 23.5 Å². The number of carbonyl (C=O) groups excluding carboxylic acids is 2. The first kappa shape index (κ1) is 26.6. The van der Waals surface area contributed by atoms with Gasteiger partial charge in [0.2, 0.25) is 5.91 Å². The Morgan fingerprint density at radius 3 is 2.39 bits per heavy atom.